The summed E-state index contributed by atoms with van der Waals surface area (Å²) in [4.78, 5) is 9.16. The molecule has 0 aromatic carbocycles. The summed E-state index contributed by atoms with van der Waals surface area (Å²) in [6.07, 6.45) is -4.03. The van der Waals surface area contributed by atoms with Crippen molar-refractivity contribution in [1.29, 1.82) is 0 Å². The van der Waals surface area contributed by atoms with Gasteiger partial charge in [0.05, 0.1) is 5.60 Å². The number of alkyl halides is 3. The Morgan fingerprint density at radius 3 is 2.57 bits per heavy atom. The van der Waals surface area contributed by atoms with Crippen molar-refractivity contribution in [2.75, 3.05) is 18.0 Å². The Bertz CT molecular complexity index is 690. The second-order valence-corrected chi connectivity index (χ2v) is 5.33. The Morgan fingerprint density at radius 2 is 2.00 bits per heavy atom. The molecule has 0 amide bonds. The molecule has 0 saturated carbocycles. The number of aryl methyl sites for hydroxylation is 1. The molecule has 1 fully saturated rings. The minimum atomic E-state index is -4.61. The number of aromatic nitrogens is 4. The Kier molecular flexibility index (Phi) is 2.88. The van der Waals surface area contributed by atoms with Crippen LogP contribution in [0.5, 0.6) is 0 Å². The van der Waals surface area contributed by atoms with Crippen molar-refractivity contribution in [1.82, 2.24) is 19.6 Å². The Hall–Kier alpha value is -1.90. The first-order chi connectivity index (χ1) is 9.72. The molecule has 1 aliphatic rings. The smallest absolute Gasteiger partial charge is 0.386 e. The van der Waals surface area contributed by atoms with Crippen LogP contribution >= 0.6 is 0 Å². The number of halogens is 3. The first-order valence-corrected chi connectivity index (χ1v) is 6.51. The van der Waals surface area contributed by atoms with Crippen molar-refractivity contribution in [3.05, 3.63) is 17.6 Å². The maximum Gasteiger partial charge on any atom is 0.453 e. The summed E-state index contributed by atoms with van der Waals surface area (Å²) in [5.41, 5.74) is -0.248. The van der Waals surface area contributed by atoms with E-state index in [1.54, 1.807) is 17.9 Å². The number of rotatable bonds is 2. The highest BCUT2D eigenvalue weighted by Crippen LogP contribution is 2.32. The predicted octanol–water partition coefficient (Wildman–Crippen LogP) is 1.41. The van der Waals surface area contributed by atoms with Crippen molar-refractivity contribution in [2.45, 2.75) is 32.0 Å². The normalized spacial score (nSPS) is 18.1. The van der Waals surface area contributed by atoms with Gasteiger partial charge in [0.15, 0.2) is 0 Å². The minimum absolute atomic E-state index is 0.0933. The molecule has 1 N–H and O–H groups in total. The fourth-order valence-electron chi connectivity index (χ4n) is 2.36. The molecule has 3 rings (SSSR count). The van der Waals surface area contributed by atoms with Crippen molar-refractivity contribution in [3.8, 4) is 0 Å². The molecule has 0 spiro atoms. The van der Waals surface area contributed by atoms with Crippen LogP contribution in [0.15, 0.2) is 6.07 Å². The third-order valence-corrected chi connectivity index (χ3v) is 3.63. The fourth-order valence-corrected chi connectivity index (χ4v) is 2.36. The number of β-amino-alcohol motifs (C(OH)–C–C–N with tert-alkyl or cyclic N) is 1. The molecule has 1 saturated heterocycles. The molecule has 2 aromatic heterocycles. The van der Waals surface area contributed by atoms with E-state index in [0.717, 1.165) is 4.52 Å². The lowest BCUT2D eigenvalue weighted by atomic mass is 9.91. The highest BCUT2D eigenvalue weighted by Gasteiger charge is 2.42. The number of anilines is 1. The second kappa shape index (κ2) is 4.30. The first kappa shape index (κ1) is 14.1. The van der Waals surface area contributed by atoms with Crippen LogP contribution < -0.4 is 4.90 Å². The predicted molar refractivity (Wildman–Crippen MR) is 68.0 cm³/mol. The van der Waals surface area contributed by atoms with Gasteiger partial charge in [-0.1, -0.05) is 6.92 Å². The molecule has 21 heavy (non-hydrogen) atoms. The van der Waals surface area contributed by atoms with Crippen molar-refractivity contribution in [3.63, 3.8) is 0 Å². The summed E-state index contributed by atoms with van der Waals surface area (Å²) in [7, 11) is 0. The van der Waals surface area contributed by atoms with Crippen molar-refractivity contribution >= 4 is 11.6 Å². The fraction of sp³-hybridized carbons (Fsp3) is 0.583. The molecular weight excluding hydrogens is 287 g/mol. The highest BCUT2D eigenvalue weighted by molar-refractivity contribution is 5.50. The summed E-state index contributed by atoms with van der Waals surface area (Å²) < 4.78 is 39.2. The summed E-state index contributed by atoms with van der Waals surface area (Å²) in [6, 6.07) is 1.64. The van der Waals surface area contributed by atoms with Crippen molar-refractivity contribution in [2.24, 2.45) is 0 Å². The zero-order valence-electron chi connectivity index (χ0n) is 11.5. The topological polar surface area (TPSA) is 66.5 Å². The zero-order valence-corrected chi connectivity index (χ0v) is 11.5. The number of hydrogen-bond donors (Lipinski definition) is 1. The van der Waals surface area contributed by atoms with Gasteiger partial charge in [-0.2, -0.15) is 22.7 Å². The van der Waals surface area contributed by atoms with Gasteiger partial charge in [0.25, 0.3) is 11.6 Å². The van der Waals surface area contributed by atoms with Crippen LogP contribution in [-0.2, 0) is 6.18 Å². The number of nitrogens with zero attached hydrogens (tertiary/aromatic N) is 5. The maximum atomic E-state index is 12.7. The quantitative estimate of drug-likeness (QED) is 0.908. The van der Waals surface area contributed by atoms with Gasteiger partial charge in [0.1, 0.15) is 5.82 Å². The molecule has 0 unspecified atom stereocenters. The number of aliphatic hydroxyl groups is 1. The van der Waals surface area contributed by atoms with Gasteiger partial charge in [0.2, 0.25) is 0 Å². The molecule has 0 bridgehead atoms. The molecule has 0 radical (unpaired) electrons. The molecule has 1 aliphatic heterocycles. The lowest BCUT2D eigenvalue weighted by Crippen LogP contribution is -2.62. The Labute approximate surface area is 118 Å². The lowest BCUT2D eigenvalue weighted by Gasteiger charge is -2.47. The number of hydrogen-bond acceptors (Lipinski definition) is 5. The van der Waals surface area contributed by atoms with E-state index < -0.39 is 17.6 Å². The molecule has 0 atom stereocenters. The van der Waals surface area contributed by atoms with Gasteiger partial charge in [-0.05, 0) is 13.3 Å². The third kappa shape index (κ3) is 2.31. The van der Waals surface area contributed by atoms with Gasteiger partial charge in [-0.3, -0.25) is 0 Å². The van der Waals surface area contributed by atoms with Crippen LogP contribution in [0.1, 0.15) is 24.9 Å². The van der Waals surface area contributed by atoms with E-state index in [9.17, 15) is 18.3 Å². The zero-order chi connectivity index (χ0) is 15.4. The van der Waals surface area contributed by atoms with E-state index in [1.807, 2.05) is 6.92 Å². The SMILES string of the molecule is CCC1(O)CN(c2cc(C)nc3nc(C(F)(F)F)nn23)C1. The van der Waals surface area contributed by atoms with Crippen molar-refractivity contribution < 1.29 is 18.3 Å². The van der Waals surface area contributed by atoms with Crippen LogP contribution in [0.3, 0.4) is 0 Å². The number of fused-ring (bicyclic) bond motifs is 1. The minimum Gasteiger partial charge on any atom is -0.386 e. The molecule has 2 aromatic rings. The monoisotopic (exact) mass is 301 g/mol. The van der Waals surface area contributed by atoms with Gasteiger partial charge < -0.3 is 10.0 Å². The van der Waals surface area contributed by atoms with Crippen LogP contribution in [0.25, 0.3) is 5.78 Å². The summed E-state index contributed by atoms with van der Waals surface area (Å²) in [5, 5.41) is 13.5. The third-order valence-electron chi connectivity index (χ3n) is 3.63. The summed E-state index contributed by atoms with van der Waals surface area (Å²) >= 11 is 0. The van der Waals surface area contributed by atoms with Gasteiger partial charge in [0, 0.05) is 24.8 Å². The average molecular weight is 301 g/mol. The summed E-state index contributed by atoms with van der Waals surface area (Å²) in [5.74, 6) is -0.851. The van der Waals surface area contributed by atoms with Crippen LogP contribution in [0.2, 0.25) is 0 Å². The highest BCUT2D eigenvalue weighted by atomic mass is 19.4. The second-order valence-electron chi connectivity index (χ2n) is 5.33. The molecule has 114 valence electrons. The summed E-state index contributed by atoms with van der Waals surface area (Å²) in [6.45, 7) is 4.24. The van der Waals surface area contributed by atoms with Gasteiger partial charge in [-0.25, -0.2) is 4.98 Å². The Morgan fingerprint density at radius 1 is 1.33 bits per heavy atom. The van der Waals surface area contributed by atoms with E-state index in [-0.39, 0.29) is 5.78 Å². The standard InChI is InChI=1S/C12H14F3N5O/c1-3-11(21)5-19(6-11)8-4-7(2)16-10-17-9(12(13,14)15)18-20(8)10/h4,21H,3,5-6H2,1-2H3. The van der Waals surface area contributed by atoms with Gasteiger partial charge >= 0.3 is 6.18 Å². The maximum absolute atomic E-state index is 12.7. The molecule has 3 heterocycles. The van der Waals surface area contributed by atoms with E-state index in [1.165, 1.54) is 0 Å². The molecular formula is C12H14F3N5O. The Balaban J connectivity index is 2.04. The van der Waals surface area contributed by atoms with Crippen LogP contribution in [0.4, 0.5) is 19.0 Å². The van der Waals surface area contributed by atoms with E-state index in [0.29, 0.717) is 31.0 Å². The van der Waals surface area contributed by atoms with Crippen LogP contribution in [-0.4, -0.2) is 43.4 Å². The molecule has 0 aliphatic carbocycles. The van der Waals surface area contributed by atoms with Gasteiger partial charge in [-0.15, -0.1) is 5.10 Å². The molecule has 6 nitrogen and oxygen atoms in total. The lowest BCUT2D eigenvalue weighted by molar-refractivity contribution is -0.144. The first-order valence-electron chi connectivity index (χ1n) is 6.51. The van der Waals surface area contributed by atoms with Crippen LogP contribution in [0, 0.1) is 6.92 Å². The van der Waals surface area contributed by atoms with E-state index in [4.69, 9.17) is 0 Å². The molecule has 9 heteroatoms. The van der Waals surface area contributed by atoms with E-state index in [2.05, 4.69) is 15.1 Å². The largest absolute Gasteiger partial charge is 0.453 e. The average Bonchev–Trinajstić information content (AvgIpc) is 2.77. The van der Waals surface area contributed by atoms with E-state index >= 15 is 0 Å².